The Labute approximate surface area is 94.5 Å². The average Bonchev–Trinajstić information content (AvgIpc) is 2.63. The molecule has 1 heterocycles. The van der Waals surface area contributed by atoms with E-state index in [1.807, 2.05) is 13.0 Å². The minimum absolute atomic E-state index is 0.0713. The first-order valence-corrected chi connectivity index (χ1v) is 5.58. The van der Waals surface area contributed by atoms with Gasteiger partial charge in [-0.15, -0.1) is 0 Å². The van der Waals surface area contributed by atoms with Gasteiger partial charge in [-0.1, -0.05) is 5.57 Å². The van der Waals surface area contributed by atoms with Gasteiger partial charge < -0.3 is 14.2 Å². The number of ether oxygens (including phenoxy) is 3. The van der Waals surface area contributed by atoms with E-state index in [-0.39, 0.29) is 11.7 Å². The van der Waals surface area contributed by atoms with E-state index in [0.29, 0.717) is 12.5 Å². The zero-order valence-corrected chi connectivity index (χ0v) is 9.78. The van der Waals surface area contributed by atoms with Gasteiger partial charge in [-0.05, 0) is 25.3 Å². The Kier molecular flexibility index (Phi) is 1.92. The summed E-state index contributed by atoms with van der Waals surface area (Å²) < 4.78 is 16.6. The molecule has 0 spiro atoms. The molecule has 1 saturated heterocycles. The Morgan fingerprint density at radius 1 is 1.44 bits per heavy atom. The van der Waals surface area contributed by atoms with E-state index in [0.717, 1.165) is 12.0 Å². The molecule has 4 bridgehead atoms. The summed E-state index contributed by atoms with van der Waals surface area (Å²) in [5.74, 6) is -0.753. The van der Waals surface area contributed by atoms with Crippen LogP contribution >= 0.6 is 0 Å². The highest BCUT2D eigenvalue weighted by Crippen LogP contribution is 2.56. The number of hydrogen-bond donors (Lipinski definition) is 0. The molecule has 4 rings (SSSR count). The van der Waals surface area contributed by atoms with Crippen molar-refractivity contribution in [3.05, 3.63) is 11.6 Å². The number of carbonyl (C=O) groups is 1. The Balaban J connectivity index is 2.21. The SMILES string of the molecule is COC12C=C(C)C3C(COC3(OC)C1=O)C2. The van der Waals surface area contributed by atoms with Crippen molar-refractivity contribution in [1.29, 1.82) is 0 Å². The molecular formula is C12H16O4. The highest BCUT2D eigenvalue weighted by Gasteiger charge is 2.69. The predicted molar refractivity (Wildman–Crippen MR) is 55.8 cm³/mol. The second kappa shape index (κ2) is 2.94. The molecule has 4 aliphatic rings. The Morgan fingerprint density at radius 3 is 2.81 bits per heavy atom. The van der Waals surface area contributed by atoms with Crippen molar-refractivity contribution in [1.82, 2.24) is 0 Å². The van der Waals surface area contributed by atoms with E-state index in [9.17, 15) is 4.79 Å². The molecular weight excluding hydrogens is 208 g/mol. The van der Waals surface area contributed by atoms with Crippen LogP contribution in [0.15, 0.2) is 11.6 Å². The van der Waals surface area contributed by atoms with Crippen molar-refractivity contribution >= 4 is 5.78 Å². The summed E-state index contributed by atoms with van der Waals surface area (Å²) in [5, 5.41) is 0. The molecule has 1 aliphatic heterocycles. The standard InChI is InChI=1S/C12H16O4/c1-7-4-11(14-2)5-8-6-16-12(15-3,9(7)8)10(11)13/h4,8-9H,5-6H2,1-3H3. The third-order valence-corrected chi connectivity index (χ3v) is 4.28. The van der Waals surface area contributed by atoms with Crippen molar-refractivity contribution in [2.75, 3.05) is 20.8 Å². The zero-order valence-electron chi connectivity index (χ0n) is 9.78. The zero-order chi connectivity index (χ0) is 11.6. The Morgan fingerprint density at radius 2 is 2.19 bits per heavy atom. The predicted octanol–water partition coefficient (Wildman–Crippen LogP) is 0.910. The summed E-state index contributed by atoms with van der Waals surface area (Å²) in [6, 6.07) is 0. The molecule has 2 fully saturated rings. The molecule has 3 aliphatic carbocycles. The van der Waals surface area contributed by atoms with Gasteiger partial charge in [-0.2, -0.15) is 0 Å². The first-order valence-electron chi connectivity index (χ1n) is 5.58. The highest BCUT2D eigenvalue weighted by atomic mass is 16.7. The second-order valence-corrected chi connectivity index (χ2v) is 4.94. The maximum absolute atomic E-state index is 12.5. The molecule has 4 unspecified atom stereocenters. The third kappa shape index (κ3) is 0.898. The molecule has 0 aromatic heterocycles. The smallest absolute Gasteiger partial charge is 0.239 e. The lowest BCUT2D eigenvalue weighted by molar-refractivity contribution is -0.229. The van der Waals surface area contributed by atoms with Crippen LogP contribution in [0.4, 0.5) is 0 Å². The molecule has 16 heavy (non-hydrogen) atoms. The van der Waals surface area contributed by atoms with E-state index < -0.39 is 11.4 Å². The lowest BCUT2D eigenvalue weighted by Crippen LogP contribution is -2.64. The third-order valence-electron chi connectivity index (χ3n) is 4.28. The number of Topliss-reactive ketones (excluding diaryl/α,β-unsaturated/α-hetero) is 1. The molecule has 0 amide bonds. The van der Waals surface area contributed by atoms with E-state index in [1.165, 1.54) is 7.11 Å². The summed E-state index contributed by atoms with van der Waals surface area (Å²) in [6.45, 7) is 2.61. The van der Waals surface area contributed by atoms with E-state index >= 15 is 0 Å². The van der Waals surface area contributed by atoms with Crippen LogP contribution in [0.2, 0.25) is 0 Å². The summed E-state index contributed by atoms with van der Waals surface area (Å²) in [4.78, 5) is 12.5. The Bertz CT molecular complexity index is 388. The van der Waals surface area contributed by atoms with E-state index in [2.05, 4.69) is 0 Å². The first-order chi connectivity index (χ1) is 7.59. The summed E-state index contributed by atoms with van der Waals surface area (Å²) in [7, 11) is 3.12. The molecule has 0 N–H and O–H groups in total. The molecule has 4 atom stereocenters. The van der Waals surface area contributed by atoms with Gasteiger partial charge >= 0.3 is 0 Å². The molecule has 1 saturated carbocycles. The molecule has 4 nitrogen and oxygen atoms in total. The number of ketones is 1. The van der Waals surface area contributed by atoms with Crippen molar-refractivity contribution < 1.29 is 19.0 Å². The maximum atomic E-state index is 12.5. The van der Waals surface area contributed by atoms with Crippen LogP contribution in [0.25, 0.3) is 0 Å². The largest absolute Gasteiger partial charge is 0.366 e. The van der Waals surface area contributed by atoms with E-state index in [4.69, 9.17) is 14.2 Å². The fourth-order valence-corrected chi connectivity index (χ4v) is 3.65. The lowest BCUT2D eigenvalue weighted by Gasteiger charge is -2.49. The highest BCUT2D eigenvalue weighted by molar-refractivity contribution is 5.99. The van der Waals surface area contributed by atoms with Gasteiger partial charge in [0.2, 0.25) is 11.6 Å². The van der Waals surface area contributed by atoms with Crippen LogP contribution in [0.5, 0.6) is 0 Å². The van der Waals surface area contributed by atoms with Gasteiger partial charge in [0.1, 0.15) is 0 Å². The van der Waals surface area contributed by atoms with Crippen LogP contribution in [0.1, 0.15) is 13.3 Å². The normalized spacial score (nSPS) is 49.7. The number of carbonyl (C=O) groups excluding carboxylic acids is 1. The van der Waals surface area contributed by atoms with Gasteiger partial charge in [0.05, 0.1) is 6.61 Å². The van der Waals surface area contributed by atoms with Crippen LogP contribution < -0.4 is 0 Å². The lowest BCUT2D eigenvalue weighted by atomic mass is 9.61. The van der Waals surface area contributed by atoms with Gasteiger partial charge in [0.25, 0.3) is 0 Å². The first kappa shape index (κ1) is 10.4. The van der Waals surface area contributed by atoms with Crippen molar-refractivity contribution in [3.8, 4) is 0 Å². The van der Waals surface area contributed by atoms with Gasteiger partial charge in [-0.25, -0.2) is 0 Å². The summed E-state index contributed by atoms with van der Waals surface area (Å²) in [6.07, 6.45) is 2.66. The summed E-state index contributed by atoms with van der Waals surface area (Å²) >= 11 is 0. The fourth-order valence-electron chi connectivity index (χ4n) is 3.65. The fraction of sp³-hybridized carbons (Fsp3) is 0.750. The van der Waals surface area contributed by atoms with Gasteiger partial charge in [0.15, 0.2) is 5.60 Å². The molecule has 0 aromatic rings. The van der Waals surface area contributed by atoms with Crippen LogP contribution in [0.3, 0.4) is 0 Å². The number of hydrogen-bond acceptors (Lipinski definition) is 4. The van der Waals surface area contributed by atoms with Gasteiger partial charge in [0, 0.05) is 20.1 Å². The number of methoxy groups -OCH3 is 2. The van der Waals surface area contributed by atoms with Crippen molar-refractivity contribution in [2.24, 2.45) is 11.8 Å². The van der Waals surface area contributed by atoms with Crippen molar-refractivity contribution in [3.63, 3.8) is 0 Å². The van der Waals surface area contributed by atoms with Crippen LogP contribution in [0, 0.1) is 11.8 Å². The monoisotopic (exact) mass is 224 g/mol. The molecule has 88 valence electrons. The molecule has 0 aromatic carbocycles. The van der Waals surface area contributed by atoms with Crippen LogP contribution in [-0.4, -0.2) is 38.0 Å². The number of rotatable bonds is 2. The average molecular weight is 224 g/mol. The second-order valence-electron chi connectivity index (χ2n) is 4.94. The minimum atomic E-state index is -1.09. The topological polar surface area (TPSA) is 44.8 Å². The van der Waals surface area contributed by atoms with Crippen molar-refractivity contribution in [2.45, 2.75) is 24.7 Å². The molecule has 4 heteroatoms. The minimum Gasteiger partial charge on any atom is -0.366 e. The Hall–Kier alpha value is -0.710. The maximum Gasteiger partial charge on any atom is 0.239 e. The summed E-state index contributed by atoms with van der Waals surface area (Å²) in [5.41, 5.74) is 0.327. The van der Waals surface area contributed by atoms with E-state index in [1.54, 1.807) is 7.11 Å². The quantitative estimate of drug-likeness (QED) is 0.654. The molecule has 0 radical (unpaired) electrons. The van der Waals surface area contributed by atoms with Crippen LogP contribution in [-0.2, 0) is 19.0 Å². The van der Waals surface area contributed by atoms with Gasteiger partial charge in [-0.3, -0.25) is 4.79 Å².